The van der Waals surface area contributed by atoms with Gasteiger partial charge in [-0.2, -0.15) is 0 Å². The number of nitrogens with one attached hydrogen (secondary N) is 1. The van der Waals surface area contributed by atoms with Crippen LogP contribution in [0.5, 0.6) is 0 Å². The Morgan fingerprint density at radius 3 is 2.65 bits per heavy atom. The van der Waals surface area contributed by atoms with E-state index in [2.05, 4.69) is 15.5 Å². The fourth-order valence-corrected chi connectivity index (χ4v) is 2.86. The SMILES string of the molecule is Cc1ccc(NC(=O)CSc2nnc(C(C)(C)C)n2N)c(Cl)c1. The van der Waals surface area contributed by atoms with Gasteiger partial charge in [-0.3, -0.25) is 4.79 Å². The van der Waals surface area contributed by atoms with Gasteiger partial charge < -0.3 is 11.2 Å². The molecule has 0 aliphatic heterocycles. The number of aromatic nitrogens is 3. The molecule has 0 atom stereocenters. The molecule has 0 aliphatic rings. The minimum Gasteiger partial charge on any atom is -0.336 e. The van der Waals surface area contributed by atoms with Crippen molar-refractivity contribution in [1.82, 2.24) is 14.9 Å². The summed E-state index contributed by atoms with van der Waals surface area (Å²) < 4.78 is 1.43. The number of hydrogen-bond donors (Lipinski definition) is 2. The van der Waals surface area contributed by atoms with Crippen LogP contribution in [-0.4, -0.2) is 26.5 Å². The van der Waals surface area contributed by atoms with Crippen LogP contribution >= 0.6 is 23.4 Å². The summed E-state index contributed by atoms with van der Waals surface area (Å²) in [6.07, 6.45) is 0. The van der Waals surface area contributed by atoms with E-state index in [1.54, 1.807) is 12.1 Å². The van der Waals surface area contributed by atoms with E-state index in [1.807, 2.05) is 33.8 Å². The number of anilines is 1. The van der Waals surface area contributed by atoms with Crippen molar-refractivity contribution in [3.63, 3.8) is 0 Å². The number of halogens is 1. The number of benzene rings is 1. The molecule has 8 heteroatoms. The molecule has 1 heterocycles. The number of amides is 1. The molecule has 23 heavy (non-hydrogen) atoms. The molecule has 1 aromatic heterocycles. The highest BCUT2D eigenvalue weighted by atomic mass is 35.5. The highest BCUT2D eigenvalue weighted by Crippen LogP contribution is 2.25. The van der Waals surface area contributed by atoms with Crippen LogP contribution in [0, 0.1) is 6.92 Å². The van der Waals surface area contributed by atoms with Gasteiger partial charge in [0.1, 0.15) is 0 Å². The van der Waals surface area contributed by atoms with E-state index in [0.717, 1.165) is 5.56 Å². The number of carbonyl (C=O) groups excluding carboxylic acids is 1. The Balaban J connectivity index is 1.98. The molecule has 0 aliphatic carbocycles. The zero-order valence-corrected chi connectivity index (χ0v) is 15.1. The number of nitrogens with zero attached hydrogens (tertiary/aromatic N) is 3. The maximum atomic E-state index is 12.0. The lowest BCUT2D eigenvalue weighted by molar-refractivity contribution is -0.113. The fourth-order valence-electron chi connectivity index (χ4n) is 1.92. The molecule has 0 unspecified atom stereocenters. The number of hydrogen-bond acceptors (Lipinski definition) is 5. The first-order valence-corrected chi connectivity index (χ1v) is 8.44. The largest absolute Gasteiger partial charge is 0.336 e. The lowest BCUT2D eigenvalue weighted by atomic mass is 9.96. The quantitative estimate of drug-likeness (QED) is 0.652. The number of nitrogens with two attached hydrogens (primary N) is 1. The van der Waals surface area contributed by atoms with Crippen molar-refractivity contribution in [2.75, 3.05) is 16.9 Å². The van der Waals surface area contributed by atoms with Crippen molar-refractivity contribution in [2.24, 2.45) is 0 Å². The molecule has 124 valence electrons. The molecule has 0 radical (unpaired) electrons. The first-order valence-electron chi connectivity index (χ1n) is 7.08. The van der Waals surface area contributed by atoms with Gasteiger partial charge in [-0.1, -0.05) is 50.2 Å². The summed E-state index contributed by atoms with van der Waals surface area (Å²) in [5, 5.41) is 11.9. The Kier molecular flexibility index (Phi) is 5.21. The van der Waals surface area contributed by atoms with Crippen molar-refractivity contribution < 1.29 is 4.79 Å². The molecule has 0 bridgehead atoms. The molecule has 1 amide bonds. The molecular weight excluding hydrogens is 334 g/mol. The maximum Gasteiger partial charge on any atom is 0.234 e. The highest BCUT2D eigenvalue weighted by Gasteiger charge is 2.23. The maximum absolute atomic E-state index is 12.0. The van der Waals surface area contributed by atoms with Crippen LogP contribution in [0.1, 0.15) is 32.2 Å². The summed E-state index contributed by atoms with van der Waals surface area (Å²) in [6.45, 7) is 7.94. The molecule has 1 aromatic carbocycles. The smallest absolute Gasteiger partial charge is 0.234 e. The molecule has 2 aromatic rings. The lowest BCUT2D eigenvalue weighted by Gasteiger charge is -2.16. The van der Waals surface area contributed by atoms with Crippen molar-refractivity contribution in [2.45, 2.75) is 38.3 Å². The van der Waals surface area contributed by atoms with Gasteiger partial charge in [0, 0.05) is 5.41 Å². The van der Waals surface area contributed by atoms with Gasteiger partial charge in [-0.05, 0) is 24.6 Å². The van der Waals surface area contributed by atoms with E-state index in [-0.39, 0.29) is 17.1 Å². The first-order chi connectivity index (χ1) is 10.7. The Labute approximate surface area is 144 Å². The third-order valence-corrected chi connectivity index (χ3v) is 4.32. The van der Waals surface area contributed by atoms with E-state index in [4.69, 9.17) is 17.4 Å². The average Bonchev–Trinajstić information content (AvgIpc) is 2.81. The van der Waals surface area contributed by atoms with Crippen LogP contribution in [0.3, 0.4) is 0 Å². The van der Waals surface area contributed by atoms with Gasteiger partial charge in [0.05, 0.1) is 16.5 Å². The number of carbonyl (C=O) groups is 1. The van der Waals surface area contributed by atoms with Gasteiger partial charge >= 0.3 is 0 Å². The molecule has 0 fully saturated rings. The number of thioether (sulfide) groups is 1. The van der Waals surface area contributed by atoms with Gasteiger partial charge in [0.15, 0.2) is 5.82 Å². The Morgan fingerprint density at radius 1 is 1.39 bits per heavy atom. The zero-order chi connectivity index (χ0) is 17.2. The average molecular weight is 354 g/mol. The minimum atomic E-state index is -0.210. The third kappa shape index (κ3) is 4.39. The second-order valence-corrected chi connectivity index (χ2v) is 7.60. The summed E-state index contributed by atoms with van der Waals surface area (Å²) in [5.74, 6) is 6.65. The van der Waals surface area contributed by atoms with E-state index in [0.29, 0.717) is 21.7 Å². The van der Waals surface area contributed by atoms with Crippen molar-refractivity contribution in [3.8, 4) is 0 Å². The summed E-state index contributed by atoms with van der Waals surface area (Å²) in [7, 11) is 0. The highest BCUT2D eigenvalue weighted by molar-refractivity contribution is 7.99. The Hall–Kier alpha value is -1.73. The number of aryl methyl sites for hydroxylation is 1. The van der Waals surface area contributed by atoms with Crippen LogP contribution in [0.4, 0.5) is 5.69 Å². The van der Waals surface area contributed by atoms with Crippen molar-refractivity contribution in [3.05, 3.63) is 34.6 Å². The Bertz CT molecular complexity index is 723. The molecule has 0 saturated carbocycles. The minimum absolute atomic E-state index is 0.170. The van der Waals surface area contributed by atoms with Crippen molar-refractivity contribution in [1.29, 1.82) is 0 Å². The molecule has 0 saturated heterocycles. The predicted octanol–water partition coefficient (Wildman–Crippen LogP) is 2.98. The topological polar surface area (TPSA) is 85.8 Å². The Morgan fingerprint density at radius 2 is 2.09 bits per heavy atom. The van der Waals surface area contributed by atoms with Gasteiger partial charge in [0.2, 0.25) is 11.1 Å². The third-order valence-electron chi connectivity index (χ3n) is 3.07. The van der Waals surface area contributed by atoms with Crippen LogP contribution in [0.25, 0.3) is 0 Å². The van der Waals surface area contributed by atoms with Gasteiger partial charge in [0.25, 0.3) is 0 Å². The summed E-state index contributed by atoms with van der Waals surface area (Å²) >= 11 is 7.33. The van der Waals surface area contributed by atoms with Crippen molar-refractivity contribution >= 4 is 35.0 Å². The standard InChI is InChI=1S/C15H20ClN5OS/c1-9-5-6-11(10(16)7-9)18-12(22)8-23-14-20-19-13(21(14)17)15(2,3)4/h5-7H,8,17H2,1-4H3,(H,18,22). The summed E-state index contributed by atoms with van der Waals surface area (Å²) in [6, 6.07) is 5.47. The van der Waals surface area contributed by atoms with E-state index >= 15 is 0 Å². The van der Waals surface area contributed by atoms with E-state index < -0.39 is 0 Å². The van der Waals surface area contributed by atoms with Crippen LogP contribution < -0.4 is 11.2 Å². The predicted molar refractivity (Wildman–Crippen MR) is 94.4 cm³/mol. The molecule has 2 rings (SSSR count). The molecule has 0 spiro atoms. The second kappa shape index (κ2) is 6.80. The number of rotatable bonds is 4. The normalized spacial score (nSPS) is 11.5. The fraction of sp³-hybridized carbons (Fsp3) is 0.400. The zero-order valence-electron chi connectivity index (χ0n) is 13.6. The van der Waals surface area contributed by atoms with Crippen LogP contribution in [0.2, 0.25) is 5.02 Å². The van der Waals surface area contributed by atoms with Crippen LogP contribution in [-0.2, 0) is 10.2 Å². The van der Waals surface area contributed by atoms with E-state index in [1.165, 1.54) is 16.4 Å². The summed E-state index contributed by atoms with van der Waals surface area (Å²) in [4.78, 5) is 12.0. The number of nitrogen functional groups attached to an aromatic ring is 1. The van der Waals surface area contributed by atoms with Gasteiger partial charge in [-0.15, -0.1) is 10.2 Å². The molecule has 6 nitrogen and oxygen atoms in total. The van der Waals surface area contributed by atoms with Crippen LogP contribution in [0.15, 0.2) is 23.4 Å². The first kappa shape index (κ1) is 17.6. The lowest BCUT2D eigenvalue weighted by Crippen LogP contribution is -2.24. The molecular formula is C15H20ClN5OS. The molecule has 3 N–H and O–H groups in total. The second-order valence-electron chi connectivity index (χ2n) is 6.25. The van der Waals surface area contributed by atoms with Gasteiger partial charge in [-0.25, -0.2) is 4.68 Å². The summed E-state index contributed by atoms with van der Waals surface area (Å²) in [5.41, 5.74) is 1.42. The van der Waals surface area contributed by atoms with E-state index in [9.17, 15) is 4.79 Å². The monoisotopic (exact) mass is 353 g/mol.